The first-order valence-corrected chi connectivity index (χ1v) is 14.4. The van der Waals surface area contributed by atoms with Gasteiger partial charge in [0.05, 0.1) is 17.7 Å². The quantitative estimate of drug-likeness (QED) is 0.0199. The molecule has 0 rings (SSSR count). The molecule has 0 aliphatic heterocycles. The molecule has 304 valence electrons. The van der Waals surface area contributed by atoms with Crippen LogP contribution in [0.15, 0.2) is 0 Å². The monoisotopic (exact) mass is 923 g/mol. The molecule has 2 radical (unpaired) electrons. The van der Waals surface area contributed by atoms with Gasteiger partial charge in [-0.1, -0.05) is 40.5 Å². The summed E-state index contributed by atoms with van der Waals surface area (Å²) in [6.45, 7) is 7.02. The number of carboxylic acids is 2. The third-order valence-corrected chi connectivity index (χ3v) is 5.21. The van der Waals surface area contributed by atoms with Crippen LogP contribution in [-0.4, -0.2) is 101 Å². The summed E-state index contributed by atoms with van der Waals surface area (Å²) in [5.41, 5.74) is 10.4. The Morgan fingerprint density at radius 3 is 1.19 bits per heavy atom. The summed E-state index contributed by atoms with van der Waals surface area (Å²) in [6.07, 6.45) is 5.16. The molecule has 4 unspecified atom stereocenters. The van der Waals surface area contributed by atoms with Crippen LogP contribution in [0.3, 0.4) is 0 Å². The van der Waals surface area contributed by atoms with Crippen molar-refractivity contribution in [3.8, 4) is 0 Å². The molecule has 0 aromatic rings. The molecule has 0 saturated carbocycles. The molecule has 0 heterocycles. The number of amidine groups is 1. The molecule has 0 amide bonds. The zero-order chi connectivity index (χ0) is 40.7. The van der Waals surface area contributed by atoms with Crippen molar-refractivity contribution in [1.82, 2.24) is 0 Å². The molecular weight excluding hydrogens is 872 g/mol. The summed E-state index contributed by atoms with van der Waals surface area (Å²) in [5, 5.41) is 84.6. The first-order valence-electron chi connectivity index (χ1n) is 14.4. The number of nitrogens with zero attached hydrogens (tertiary/aromatic N) is 4. The third kappa shape index (κ3) is 81.3. The molecule has 0 fully saturated rings. The summed E-state index contributed by atoms with van der Waals surface area (Å²) in [6, 6.07) is 0. The smallest absolute Gasteiger partial charge is 0.306 e. The summed E-state index contributed by atoms with van der Waals surface area (Å²) < 4.78 is 0. The van der Waals surface area contributed by atoms with E-state index in [0.717, 1.165) is 32.1 Å². The van der Waals surface area contributed by atoms with Crippen LogP contribution in [0.4, 0.5) is 0 Å². The Morgan fingerprint density at radius 2 is 1.00 bits per heavy atom. The van der Waals surface area contributed by atoms with E-state index in [1.165, 1.54) is 0 Å². The molecule has 0 aromatic heterocycles. The van der Waals surface area contributed by atoms with Gasteiger partial charge in [0, 0.05) is 71.8 Å². The number of unbranched alkanes of at least 4 members (excludes halogenated alkanes) is 2. The fraction of sp³-hybridized carbons (Fsp3) is 0.870. The average molecular weight is 924 g/mol. The van der Waals surface area contributed by atoms with Crippen molar-refractivity contribution < 1.29 is 146 Å². The minimum Gasteiger partial charge on any atom is -0.481 e. The van der Waals surface area contributed by atoms with E-state index in [4.69, 9.17) is 68.2 Å². The number of carbonyl (C=O) groups is 2. The van der Waals surface area contributed by atoms with Crippen LogP contribution in [0.25, 0.3) is 0 Å². The van der Waals surface area contributed by atoms with Crippen LogP contribution in [0.2, 0.25) is 0 Å². The molecular formula is C23H51N7O20Y2. The predicted octanol–water partition coefficient (Wildman–Crippen LogP) is 2.26. The summed E-state index contributed by atoms with van der Waals surface area (Å²) in [7, 11) is 0. The van der Waals surface area contributed by atoms with E-state index in [9.17, 15) is 29.8 Å². The summed E-state index contributed by atoms with van der Waals surface area (Å²) in [4.78, 5) is 72.0. The maximum atomic E-state index is 10.4. The van der Waals surface area contributed by atoms with Crippen LogP contribution in [0.5, 0.6) is 0 Å². The van der Waals surface area contributed by atoms with E-state index in [1.54, 1.807) is 27.7 Å². The van der Waals surface area contributed by atoms with Crippen molar-refractivity contribution in [3.05, 3.63) is 40.5 Å². The Balaban J connectivity index is -0.0000000765. The van der Waals surface area contributed by atoms with Gasteiger partial charge in [0.1, 0.15) is 25.4 Å². The number of rotatable bonds is 21. The summed E-state index contributed by atoms with van der Waals surface area (Å²) >= 11 is 0. The van der Waals surface area contributed by atoms with E-state index < -0.39 is 44.5 Å². The molecule has 11 N–H and O–H groups in total. The van der Waals surface area contributed by atoms with E-state index in [1.807, 2.05) is 0 Å². The van der Waals surface area contributed by atoms with Crippen LogP contribution in [-0.2, 0) is 94.5 Å². The molecule has 0 saturated heterocycles. The van der Waals surface area contributed by atoms with Crippen LogP contribution in [0.1, 0.15) is 85.5 Å². The Morgan fingerprint density at radius 1 is 0.712 bits per heavy atom. The zero-order valence-corrected chi connectivity index (χ0v) is 35.0. The molecule has 52 heavy (non-hydrogen) atoms. The van der Waals surface area contributed by atoms with Crippen LogP contribution >= 0.6 is 0 Å². The summed E-state index contributed by atoms with van der Waals surface area (Å²) in [5.74, 6) is -1.78. The van der Waals surface area contributed by atoms with Crippen molar-refractivity contribution in [1.29, 1.82) is 5.41 Å². The van der Waals surface area contributed by atoms with Crippen LogP contribution in [0, 0.1) is 57.7 Å². The first kappa shape index (κ1) is 67.4. The number of carboxylic acid groups (broad SMARTS) is 2. The second-order valence-electron chi connectivity index (χ2n) is 9.32. The maximum absolute atomic E-state index is 10.4. The molecule has 0 bridgehead atoms. The SMILES string of the molecule is CC(CCCCC(=N)N)C(=O)O.CC(CCCCN)C(=O)O.CCC(CO[N+](=O)[O-])OO.CCC(CO[N+](=O)[O-])OO.O=[N+]([O-])O.O=[N+]([O-])O.[Y].[Y]. The van der Waals surface area contributed by atoms with Crippen molar-refractivity contribution in [2.24, 2.45) is 23.3 Å². The van der Waals surface area contributed by atoms with Gasteiger partial charge in [-0.15, -0.1) is 40.5 Å². The van der Waals surface area contributed by atoms with Gasteiger partial charge in [0.2, 0.25) is 0 Å². The largest absolute Gasteiger partial charge is 0.481 e. The van der Waals surface area contributed by atoms with E-state index in [2.05, 4.69) is 19.5 Å². The van der Waals surface area contributed by atoms with Crippen molar-refractivity contribution >= 4 is 17.8 Å². The van der Waals surface area contributed by atoms with Gasteiger partial charge in [-0.05, 0) is 45.1 Å². The number of nitrogens with two attached hydrogens (primary N) is 2. The number of nitrogens with one attached hydrogen (secondary N) is 1. The van der Waals surface area contributed by atoms with Crippen molar-refractivity contribution in [2.75, 3.05) is 19.8 Å². The Kier molecular flexibility index (Phi) is 65.2. The minimum absolute atomic E-state index is 0. The Bertz CT molecular complexity index is 860. The molecule has 0 aliphatic carbocycles. The third-order valence-electron chi connectivity index (χ3n) is 5.21. The van der Waals surface area contributed by atoms with Gasteiger partial charge < -0.3 is 41.8 Å². The van der Waals surface area contributed by atoms with Crippen LogP contribution < -0.4 is 11.5 Å². The van der Waals surface area contributed by atoms with Gasteiger partial charge in [-0.3, -0.25) is 25.5 Å². The molecule has 0 aromatic carbocycles. The van der Waals surface area contributed by atoms with Gasteiger partial charge in [-0.2, -0.15) is 0 Å². The standard InChI is InChI=1S/C8H16N2O2.C7H15NO2.2C4H9NO5.2HNO3.2Y/c1-6(8(11)12)4-2-3-5-7(9)10;1-6(7(9)10)4-2-3-5-8;2*1-2-4(10-8)3-9-5(6)7;2*2-1(3)4;;/h6H,2-5H2,1H3,(H3,9,10)(H,11,12);6H,2-5,8H2,1H3,(H,9,10);2*4,8H,2-3H2,1H3;2*(H,2,3,4);;. The van der Waals surface area contributed by atoms with Crippen molar-refractivity contribution in [2.45, 2.75) is 97.7 Å². The fourth-order valence-corrected chi connectivity index (χ4v) is 2.34. The normalized spacial score (nSPS) is 11.1. The predicted molar refractivity (Wildman–Crippen MR) is 166 cm³/mol. The zero-order valence-electron chi connectivity index (χ0n) is 29.3. The van der Waals surface area contributed by atoms with Crippen molar-refractivity contribution in [3.63, 3.8) is 0 Å². The topological polar surface area (TPSA) is 441 Å². The van der Waals surface area contributed by atoms with Gasteiger partial charge in [0.15, 0.2) is 0 Å². The minimum atomic E-state index is -1.50. The number of hydrogen-bond acceptors (Lipinski definition) is 18. The number of aliphatic carboxylic acids is 2. The van der Waals surface area contributed by atoms with Gasteiger partial charge >= 0.3 is 11.9 Å². The van der Waals surface area contributed by atoms with Gasteiger partial charge in [-0.25, -0.2) is 9.78 Å². The maximum Gasteiger partial charge on any atom is 0.306 e. The van der Waals surface area contributed by atoms with E-state index >= 15 is 0 Å². The Hall–Kier alpha value is -2.78. The van der Waals surface area contributed by atoms with E-state index in [0.29, 0.717) is 32.2 Å². The van der Waals surface area contributed by atoms with E-state index in [-0.39, 0.29) is 96.3 Å². The first-order chi connectivity index (χ1) is 23.1. The molecule has 0 spiro atoms. The average Bonchev–Trinajstić information content (AvgIpc) is 3.00. The van der Waals surface area contributed by atoms with Gasteiger partial charge in [0.25, 0.3) is 20.3 Å². The molecule has 4 atom stereocenters. The molecule has 29 heteroatoms. The second-order valence-corrected chi connectivity index (χ2v) is 9.32. The Labute approximate surface area is 348 Å². The second kappa shape index (κ2) is 50.3. The molecule has 0 aliphatic rings. The molecule has 27 nitrogen and oxygen atoms in total. The fourth-order valence-electron chi connectivity index (χ4n) is 2.34. The number of hydrogen-bond donors (Lipinski definition) is 9.